The normalized spacial score (nSPS) is 13.2. The van der Waals surface area contributed by atoms with Crippen molar-refractivity contribution >= 4 is 38.9 Å². The number of anilines is 3. The summed E-state index contributed by atoms with van der Waals surface area (Å²) >= 11 is 0. The van der Waals surface area contributed by atoms with E-state index >= 15 is 0 Å². The predicted molar refractivity (Wildman–Crippen MR) is 223 cm³/mol. The molecule has 8 aromatic carbocycles. The Kier molecular flexibility index (Phi) is 6.33. The first kappa shape index (κ1) is 30.0. The minimum atomic E-state index is -0.0833. The molecule has 2 heteroatoms. The van der Waals surface area contributed by atoms with Crippen LogP contribution in [0.3, 0.4) is 0 Å². The second-order valence-electron chi connectivity index (χ2n) is 15.0. The fourth-order valence-corrected chi connectivity index (χ4v) is 9.20. The van der Waals surface area contributed by atoms with Crippen LogP contribution in [0.2, 0.25) is 0 Å². The summed E-state index contributed by atoms with van der Waals surface area (Å²) in [5, 5.41) is 2.56. The Morgan fingerprint density at radius 2 is 1.00 bits per heavy atom. The van der Waals surface area contributed by atoms with Crippen LogP contribution in [0, 0.1) is 0 Å². The first-order valence-electron chi connectivity index (χ1n) is 18.5. The van der Waals surface area contributed by atoms with Crippen molar-refractivity contribution in [2.24, 2.45) is 0 Å². The minimum absolute atomic E-state index is 0.0833. The molecular formula is C51H36N2. The van der Waals surface area contributed by atoms with E-state index in [9.17, 15) is 0 Å². The highest BCUT2D eigenvalue weighted by atomic mass is 15.1. The first-order valence-corrected chi connectivity index (χ1v) is 18.5. The summed E-state index contributed by atoms with van der Waals surface area (Å²) in [6.07, 6.45) is 0. The standard InChI is InChI=1S/C51H36N2/c1-51(2)44-21-12-20-42-40-19-9-10-22-46(40)53-47-32-39(27-28-41(47)43-29-30-45(51)49(48(42)44)50(43)53)52(37-25-23-35(24-26-37)33-13-5-3-6-14-33)38-18-11-17-36(31-38)34-15-7-4-8-16-34/h3-32H,1-2H3. The molecule has 0 saturated heterocycles. The Labute approximate surface area is 309 Å². The van der Waals surface area contributed by atoms with Crippen LogP contribution in [-0.4, -0.2) is 4.57 Å². The average Bonchev–Trinajstić information content (AvgIpc) is 3.61. The number of hydrogen-bond donors (Lipinski definition) is 0. The largest absolute Gasteiger partial charge is 0.310 e. The van der Waals surface area contributed by atoms with Gasteiger partial charge in [0.05, 0.1) is 16.7 Å². The molecule has 1 aliphatic carbocycles. The van der Waals surface area contributed by atoms with Crippen molar-refractivity contribution < 1.29 is 0 Å². The third-order valence-corrected chi connectivity index (χ3v) is 11.7. The van der Waals surface area contributed by atoms with E-state index in [2.05, 4.69) is 205 Å². The third-order valence-electron chi connectivity index (χ3n) is 11.7. The molecule has 2 nitrogen and oxygen atoms in total. The molecule has 0 spiro atoms. The molecule has 0 amide bonds. The number of fused-ring (bicyclic) bond motifs is 6. The Morgan fingerprint density at radius 1 is 0.415 bits per heavy atom. The number of benzene rings is 8. The van der Waals surface area contributed by atoms with Crippen molar-refractivity contribution in [3.8, 4) is 50.2 Å². The van der Waals surface area contributed by atoms with Gasteiger partial charge in [0, 0.05) is 44.4 Å². The lowest BCUT2D eigenvalue weighted by atomic mass is 9.81. The maximum Gasteiger partial charge on any atom is 0.0623 e. The summed E-state index contributed by atoms with van der Waals surface area (Å²) in [7, 11) is 0. The van der Waals surface area contributed by atoms with E-state index in [0.717, 1.165) is 17.1 Å². The first-order chi connectivity index (χ1) is 26.1. The zero-order chi connectivity index (χ0) is 35.3. The number of nitrogens with zero attached hydrogens (tertiary/aromatic N) is 2. The zero-order valence-corrected chi connectivity index (χ0v) is 29.7. The molecular weight excluding hydrogens is 641 g/mol. The van der Waals surface area contributed by atoms with Crippen LogP contribution >= 0.6 is 0 Å². The Morgan fingerprint density at radius 3 is 1.79 bits per heavy atom. The number of hydrogen-bond acceptors (Lipinski definition) is 1. The Balaban J connectivity index is 1.18. The molecule has 1 aromatic heterocycles. The number of rotatable bonds is 5. The Hall–Kier alpha value is -6.64. The summed E-state index contributed by atoms with van der Waals surface area (Å²) in [5.41, 5.74) is 20.0. The van der Waals surface area contributed by atoms with E-state index in [1.54, 1.807) is 0 Å². The van der Waals surface area contributed by atoms with Crippen molar-refractivity contribution in [2.75, 3.05) is 4.90 Å². The van der Waals surface area contributed by atoms with Gasteiger partial charge in [-0.05, 0) is 87.0 Å². The molecule has 0 unspecified atom stereocenters. The molecule has 0 fully saturated rings. The van der Waals surface area contributed by atoms with Gasteiger partial charge < -0.3 is 9.47 Å². The molecule has 2 heterocycles. The predicted octanol–water partition coefficient (Wildman–Crippen LogP) is 13.9. The number of aromatic nitrogens is 1. The summed E-state index contributed by atoms with van der Waals surface area (Å²) in [5.74, 6) is 0. The van der Waals surface area contributed by atoms with Gasteiger partial charge in [0.1, 0.15) is 0 Å². The number of para-hydroxylation sites is 1. The van der Waals surface area contributed by atoms with E-state index in [-0.39, 0.29) is 5.41 Å². The zero-order valence-electron chi connectivity index (χ0n) is 29.7. The molecule has 0 N–H and O–H groups in total. The topological polar surface area (TPSA) is 8.17 Å². The van der Waals surface area contributed by atoms with Crippen molar-refractivity contribution in [2.45, 2.75) is 19.3 Å². The van der Waals surface area contributed by atoms with E-state index in [1.165, 1.54) is 83.1 Å². The lowest BCUT2D eigenvalue weighted by Gasteiger charge is -2.26. The van der Waals surface area contributed by atoms with Crippen LogP contribution in [0.25, 0.3) is 72.0 Å². The van der Waals surface area contributed by atoms with Gasteiger partial charge in [0.2, 0.25) is 0 Å². The quantitative estimate of drug-likeness (QED) is 0.176. The summed E-state index contributed by atoms with van der Waals surface area (Å²) in [4.78, 5) is 2.41. The highest BCUT2D eigenvalue weighted by molar-refractivity contribution is 6.19. The molecule has 2 aliphatic rings. The molecule has 1 aliphatic heterocycles. The van der Waals surface area contributed by atoms with Crippen molar-refractivity contribution in [3.05, 3.63) is 193 Å². The van der Waals surface area contributed by atoms with Gasteiger partial charge >= 0.3 is 0 Å². The summed E-state index contributed by atoms with van der Waals surface area (Å²) < 4.78 is 2.56. The van der Waals surface area contributed by atoms with Crippen LogP contribution in [0.1, 0.15) is 25.0 Å². The maximum absolute atomic E-state index is 2.56. The van der Waals surface area contributed by atoms with Crippen molar-refractivity contribution in [1.82, 2.24) is 4.57 Å². The van der Waals surface area contributed by atoms with E-state index in [1.807, 2.05) is 0 Å². The average molecular weight is 677 g/mol. The highest BCUT2D eigenvalue weighted by Gasteiger charge is 2.40. The van der Waals surface area contributed by atoms with Crippen molar-refractivity contribution in [3.63, 3.8) is 0 Å². The second kappa shape index (κ2) is 11.2. The van der Waals surface area contributed by atoms with Gasteiger partial charge in [0.25, 0.3) is 0 Å². The minimum Gasteiger partial charge on any atom is -0.310 e. The van der Waals surface area contributed by atoms with Crippen LogP contribution < -0.4 is 4.90 Å². The molecule has 0 atom stereocenters. The van der Waals surface area contributed by atoms with Crippen LogP contribution in [0.5, 0.6) is 0 Å². The van der Waals surface area contributed by atoms with Crippen LogP contribution in [-0.2, 0) is 5.41 Å². The fraction of sp³-hybridized carbons (Fsp3) is 0.0588. The fourth-order valence-electron chi connectivity index (χ4n) is 9.20. The smallest absolute Gasteiger partial charge is 0.0623 e. The molecule has 250 valence electrons. The van der Waals surface area contributed by atoms with Gasteiger partial charge in [-0.1, -0.05) is 153 Å². The van der Waals surface area contributed by atoms with Gasteiger partial charge in [-0.3, -0.25) is 0 Å². The van der Waals surface area contributed by atoms with Crippen LogP contribution in [0.15, 0.2) is 182 Å². The summed E-state index contributed by atoms with van der Waals surface area (Å²) in [6.45, 7) is 4.77. The molecule has 0 radical (unpaired) electrons. The van der Waals surface area contributed by atoms with E-state index < -0.39 is 0 Å². The van der Waals surface area contributed by atoms with Gasteiger partial charge in [-0.25, -0.2) is 0 Å². The second-order valence-corrected chi connectivity index (χ2v) is 15.0. The van der Waals surface area contributed by atoms with E-state index in [0.29, 0.717) is 0 Å². The monoisotopic (exact) mass is 676 g/mol. The highest BCUT2D eigenvalue weighted by Crippen LogP contribution is 2.58. The third kappa shape index (κ3) is 4.33. The lowest BCUT2D eigenvalue weighted by molar-refractivity contribution is 0.661. The summed E-state index contributed by atoms with van der Waals surface area (Å²) in [6, 6.07) is 66.9. The maximum atomic E-state index is 2.56. The SMILES string of the molecule is CC1(C)c2cccc3c2-c2c1ccc1c4ccc(N(c5ccc(-c6ccccc6)cc5)c5cccc(-c6ccccc6)c5)cc4n(c21)-c1ccccc1-3. The molecule has 53 heavy (non-hydrogen) atoms. The van der Waals surface area contributed by atoms with E-state index in [4.69, 9.17) is 0 Å². The lowest BCUT2D eigenvalue weighted by Crippen LogP contribution is -2.15. The Bertz CT molecular complexity index is 2900. The molecule has 11 rings (SSSR count). The van der Waals surface area contributed by atoms with Gasteiger partial charge in [0.15, 0.2) is 0 Å². The molecule has 0 bridgehead atoms. The van der Waals surface area contributed by atoms with Gasteiger partial charge in [-0.2, -0.15) is 0 Å². The van der Waals surface area contributed by atoms with Crippen LogP contribution in [0.4, 0.5) is 17.1 Å². The van der Waals surface area contributed by atoms with Crippen molar-refractivity contribution in [1.29, 1.82) is 0 Å². The molecule has 9 aromatic rings. The van der Waals surface area contributed by atoms with Gasteiger partial charge in [-0.15, -0.1) is 0 Å². The molecule has 0 saturated carbocycles.